The Bertz CT molecular complexity index is 585. The molecular weight excluding hydrogens is 302 g/mol. The van der Waals surface area contributed by atoms with Gasteiger partial charge in [0.05, 0.1) is 0 Å². The van der Waals surface area contributed by atoms with E-state index in [1.807, 2.05) is 12.3 Å². The highest BCUT2D eigenvalue weighted by atomic mass is 79.9. The summed E-state index contributed by atoms with van der Waals surface area (Å²) in [6.07, 6.45) is 4.45. The Balaban J connectivity index is 1.83. The highest BCUT2D eigenvalue weighted by molar-refractivity contribution is 9.10. The van der Waals surface area contributed by atoms with E-state index in [0.717, 1.165) is 16.8 Å². The molecule has 3 nitrogen and oxygen atoms in total. The van der Waals surface area contributed by atoms with E-state index in [4.69, 9.17) is 0 Å². The van der Waals surface area contributed by atoms with Gasteiger partial charge in [-0.05, 0) is 38.6 Å². The van der Waals surface area contributed by atoms with Gasteiger partial charge >= 0.3 is 0 Å². The molecule has 1 atom stereocenters. The highest BCUT2D eigenvalue weighted by Crippen LogP contribution is 2.28. The predicted molar refractivity (Wildman–Crippen MR) is 83.6 cm³/mol. The molecule has 1 unspecified atom stereocenters. The molecule has 4 heteroatoms. The normalized spacial score (nSPS) is 20.0. The summed E-state index contributed by atoms with van der Waals surface area (Å²) in [4.78, 5) is 6.91. The molecule has 1 aromatic carbocycles. The summed E-state index contributed by atoms with van der Waals surface area (Å²) in [6, 6.07) is 8.92. The quantitative estimate of drug-likeness (QED) is 0.938. The molecule has 1 saturated heterocycles. The Morgan fingerprint density at radius 3 is 3.05 bits per heavy atom. The minimum Gasteiger partial charge on any atom is -0.368 e. The second-order valence-corrected chi connectivity index (χ2v) is 6.01. The molecule has 1 N–H and O–H groups in total. The maximum Gasteiger partial charge on any atom is 0.133 e. The first kappa shape index (κ1) is 12.9. The minimum absolute atomic E-state index is 0.629. The largest absolute Gasteiger partial charge is 0.368 e. The van der Waals surface area contributed by atoms with Crippen LogP contribution in [0.5, 0.6) is 0 Å². The van der Waals surface area contributed by atoms with Gasteiger partial charge in [-0.3, -0.25) is 0 Å². The van der Waals surface area contributed by atoms with Gasteiger partial charge in [-0.25, -0.2) is 4.98 Å². The topological polar surface area (TPSA) is 28.2 Å². The van der Waals surface area contributed by atoms with Crippen LogP contribution >= 0.6 is 15.9 Å². The molecule has 1 aliphatic rings. The lowest BCUT2D eigenvalue weighted by molar-refractivity contribution is 0.322. The molecular formula is C15H18BrN3. The van der Waals surface area contributed by atoms with Crippen molar-refractivity contribution in [3.63, 3.8) is 0 Å². The Kier molecular flexibility index (Phi) is 3.71. The van der Waals surface area contributed by atoms with Gasteiger partial charge in [0.2, 0.25) is 0 Å². The monoisotopic (exact) mass is 319 g/mol. The van der Waals surface area contributed by atoms with E-state index >= 15 is 0 Å². The van der Waals surface area contributed by atoms with Crippen LogP contribution in [0, 0.1) is 0 Å². The second-order valence-electron chi connectivity index (χ2n) is 5.15. The maximum absolute atomic E-state index is 4.48. The number of aromatic nitrogens is 1. The zero-order valence-electron chi connectivity index (χ0n) is 11.1. The fraction of sp³-hybridized carbons (Fsp3) is 0.400. The summed E-state index contributed by atoms with van der Waals surface area (Å²) >= 11 is 3.59. The van der Waals surface area contributed by atoms with Crippen LogP contribution < -0.4 is 5.32 Å². The van der Waals surface area contributed by atoms with Gasteiger partial charge in [-0.15, -0.1) is 0 Å². The van der Waals surface area contributed by atoms with Gasteiger partial charge in [0.15, 0.2) is 0 Å². The Morgan fingerprint density at radius 1 is 1.37 bits per heavy atom. The number of halogens is 1. The van der Waals surface area contributed by atoms with Crippen LogP contribution in [0.2, 0.25) is 0 Å². The first-order valence-electron chi connectivity index (χ1n) is 6.73. The molecule has 0 aliphatic carbocycles. The number of nitrogens with one attached hydrogen (secondary N) is 1. The first-order chi connectivity index (χ1) is 9.25. The number of fused-ring (bicyclic) bond motifs is 1. The van der Waals surface area contributed by atoms with Crippen molar-refractivity contribution in [1.29, 1.82) is 0 Å². The third-order valence-electron chi connectivity index (χ3n) is 3.93. The van der Waals surface area contributed by atoms with Gasteiger partial charge in [0.25, 0.3) is 0 Å². The molecule has 0 spiro atoms. The molecule has 0 amide bonds. The van der Waals surface area contributed by atoms with E-state index in [9.17, 15) is 0 Å². The molecule has 3 rings (SSSR count). The molecule has 19 heavy (non-hydrogen) atoms. The molecule has 0 bridgehead atoms. The highest BCUT2D eigenvalue weighted by Gasteiger charge is 2.20. The van der Waals surface area contributed by atoms with Crippen LogP contribution in [-0.2, 0) is 0 Å². The lowest BCUT2D eigenvalue weighted by Gasteiger charge is -2.20. The van der Waals surface area contributed by atoms with Gasteiger partial charge < -0.3 is 10.2 Å². The average Bonchev–Trinajstić information content (AvgIpc) is 2.82. The Hall–Kier alpha value is -1.13. The standard InChI is InChI=1S/C15H18BrN3/c1-19-9-3-4-11(19)10-18-15-13-5-2-6-14(16)12(13)7-8-17-15/h2,5-8,11H,3-4,9-10H2,1H3,(H,17,18). The number of pyridine rings is 1. The van der Waals surface area contributed by atoms with Crippen LogP contribution in [0.4, 0.5) is 5.82 Å². The van der Waals surface area contributed by atoms with Crippen molar-refractivity contribution in [2.24, 2.45) is 0 Å². The zero-order valence-corrected chi connectivity index (χ0v) is 12.7. The first-order valence-corrected chi connectivity index (χ1v) is 7.52. The lowest BCUT2D eigenvalue weighted by Crippen LogP contribution is -2.31. The molecule has 2 heterocycles. The number of rotatable bonds is 3. The third kappa shape index (κ3) is 2.60. The zero-order chi connectivity index (χ0) is 13.2. The van der Waals surface area contributed by atoms with E-state index in [1.54, 1.807) is 0 Å². The number of anilines is 1. The number of hydrogen-bond acceptors (Lipinski definition) is 3. The Morgan fingerprint density at radius 2 is 2.26 bits per heavy atom. The van der Waals surface area contributed by atoms with Crippen LogP contribution in [0.3, 0.4) is 0 Å². The SMILES string of the molecule is CN1CCCC1CNc1nccc2c(Br)cccc12. The Labute approximate surface area is 122 Å². The smallest absolute Gasteiger partial charge is 0.133 e. The summed E-state index contributed by atoms with van der Waals surface area (Å²) in [5.41, 5.74) is 0. The van der Waals surface area contributed by atoms with Crippen molar-refractivity contribution in [2.45, 2.75) is 18.9 Å². The lowest BCUT2D eigenvalue weighted by atomic mass is 10.1. The van der Waals surface area contributed by atoms with E-state index in [2.05, 4.69) is 56.4 Å². The van der Waals surface area contributed by atoms with Crippen LogP contribution in [0.1, 0.15) is 12.8 Å². The van der Waals surface area contributed by atoms with E-state index in [-0.39, 0.29) is 0 Å². The van der Waals surface area contributed by atoms with Gasteiger partial charge in [-0.1, -0.05) is 28.1 Å². The number of hydrogen-bond donors (Lipinski definition) is 1. The van der Waals surface area contributed by atoms with Crippen molar-refractivity contribution >= 4 is 32.5 Å². The molecule has 0 radical (unpaired) electrons. The predicted octanol–water partition coefficient (Wildman–Crippen LogP) is 3.50. The van der Waals surface area contributed by atoms with Crippen LogP contribution in [-0.4, -0.2) is 36.1 Å². The number of nitrogens with zero attached hydrogens (tertiary/aromatic N) is 2. The molecule has 0 saturated carbocycles. The number of benzene rings is 1. The molecule has 1 aromatic heterocycles. The summed E-state index contributed by atoms with van der Waals surface area (Å²) in [6.45, 7) is 2.18. The van der Waals surface area contributed by atoms with Crippen molar-refractivity contribution in [2.75, 3.05) is 25.5 Å². The second kappa shape index (κ2) is 5.47. The molecule has 1 fully saturated rings. The summed E-state index contributed by atoms with van der Waals surface area (Å²) < 4.78 is 1.12. The average molecular weight is 320 g/mol. The minimum atomic E-state index is 0.629. The maximum atomic E-state index is 4.48. The van der Waals surface area contributed by atoms with Crippen LogP contribution in [0.15, 0.2) is 34.9 Å². The van der Waals surface area contributed by atoms with Crippen molar-refractivity contribution in [1.82, 2.24) is 9.88 Å². The number of likely N-dealkylation sites (N-methyl/N-ethyl adjacent to an activating group) is 1. The van der Waals surface area contributed by atoms with Crippen molar-refractivity contribution in [3.05, 3.63) is 34.9 Å². The van der Waals surface area contributed by atoms with Crippen molar-refractivity contribution < 1.29 is 0 Å². The molecule has 1 aliphatic heterocycles. The van der Waals surface area contributed by atoms with Gasteiger partial charge in [0, 0.05) is 34.0 Å². The van der Waals surface area contributed by atoms with E-state index < -0.39 is 0 Å². The fourth-order valence-electron chi connectivity index (χ4n) is 2.76. The summed E-state index contributed by atoms with van der Waals surface area (Å²) in [5.74, 6) is 0.985. The number of likely N-dealkylation sites (tertiary alicyclic amines) is 1. The fourth-order valence-corrected chi connectivity index (χ4v) is 3.26. The summed E-state index contributed by atoms with van der Waals surface area (Å²) in [5, 5.41) is 5.90. The van der Waals surface area contributed by atoms with E-state index in [1.165, 1.54) is 30.2 Å². The summed E-state index contributed by atoms with van der Waals surface area (Å²) in [7, 11) is 2.20. The van der Waals surface area contributed by atoms with Gasteiger partial charge in [-0.2, -0.15) is 0 Å². The van der Waals surface area contributed by atoms with Crippen LogP contribution in [0.25, 0.3) is 10.8 Å². The molecule has 100 valence electrons. The molecule has 2 aromatic rings. The van der Waals surface area contributed by atoms with Crippen molar-refractivity contribution in [3.8, 4) is 0 Å². The van der Waals surface area contributed by atoms with Gasteiger partial charge in [0.1, 0.15) is 5.82 Å². The van der Waals surface area contributed by atoms with E-state index in [0.29, 0.717) is 6.04 Å². The third-order valence-corrected chi connectivity index (χ3v) is 4.62.